The zero-order valence-electron chi connectivity index (χ0n) is 10.1. The van der Waals surface area contributed by atoms with Gasteiger partial charge in [-0.1, -0.05) is 13.0 Å². The van der Waals surface area contributed by atoms with Gasteiger partial charge in [-0.05, 0) is 37.1 Å². The molecule has 1 aromatic heterocycles. The first-order chi connectivity index (χ1) is 8.54. The number of aryl methyl sites for hydroxylation is 2. The van der Waals surface area contributed by atoms with Crippen molar-refractivity contribution < 1.29 is 8.78 Å². The maximum atomic E-state index is 14.0. The average Bonchev–Trinajstić information content (AvgIpc) is 2.83. The van der Waals surface area contributed by atoms with Crippen molar-refractivity contribution in [2.24, 2.45) is 0 Å². The van der Waals surface area contributed by atoms with Crippen molar-refractivity contribution in [1.82, 2.24) is 0 Å². The fourth-order valence-corrected chi connectivity index (χ4v) is 3.12. The van der Waals surface area contributed by atoms with Gasteiger partial charge < -0.3 is 0 Å². The van der Waals surface area contributed by atoms with Crippen molar-refractivity contribution in [2.75, 3.05) is 0 Å². The maximum absolute atomic E-state index is 14.0. The Bertz CT molecular complexity index is 563. The number of halogens is 3. The molecule has 1 aromatic carbocycles. The molecular formula is C14H13ClF2S. The second kappa shape index (κ2) is 5.37. The number of rotatable bonds is 3. The second-order valence-corrected chi connectivity index (χ2v) is 5.75. The molecule has 0 aliphatic carbocycles. The standard InChI is InChI=1S/C14H13ClF2S/c1-3-9-5-7-11(18-9)13(15)12-10(16)6-4-8(2)14(12)17/h4-7,13H,3H2,1-2H3. The van der Waals surface area contributed by atoms with Crippen LogP contribution in [0.1, 0.15) is 33.2 Å². The Morgan fingerprint density at radius 2 is 1.94 bits per heavy atom. The highest BCUT2D eigenvalue weighted by Gasteiger charge is 2.22. The fraction of sp³-hybridized carbons (Fsp3) is 0.286. The first-order valence-corrected chi connectivity index (χ1v) is 6.97. The molecule has 4 heteroatoms. The van der Waals surface area contributed by atoms with Gasteiger partial charge in [0.25, 0.3) is 0 Å². The van der Waals surface area contributed by atoms with Crippen molar-refractivity contribution in [3.63, 3.8) is 0 Å². The average molecular weight is 287 g/mol. The Morgan fingerprint density at radius 3 is 2.56 bits per heavy atom. The number of thiophene rings is 1. The molecule has 2 rings (SSSR count). The van der Waals surface area contributed by atoms with E-state index in [-0.39, 0.29) is 5.56 Å². The highest BCUT2D eigenvalue weighted by atomic mass is 35.5. The fourth-order valence-electron chi connectivity index (χ4n) is 1.77. The van der Waals surface area contributed by atoms with Gasteiger partial charge in [0.15, 0.2) is 0 Å². The predicted octanol–water partition coefficient (Wildman–Crippen LogP) is 5.23. The molecule has 0 saturated carbocycles. The van der Waals surface area contributed by atoms with Crippen LogP contribution in [0, 0.1) is 18.6 Å². The van der Waals surface area contributed by atoms with Crippen molar-refractivity contribution in [3.05, 3.63) is 56.8 Å². The zero-order chi connectivity index (χ0) is 13.3. The molecule has 0 N–H and O–H groups in total. The molecule has 0 saturated heterocycles. The van der Waals surface area contributed by atoms with Gasteiger partial charge in [-0.3, -0.25) is 0 Å². The van der Waals surface area contributed by atoms with Gasteiger partial charge >= 0.3 is 0 Å². The molecule has 0 aliphatic rings. The number of hydrogen-bond donors (Lipinski definition) is 0. The molecule has 96 valence electrons. The molecular weight excluding hydrogens is 274 g/mol. The van der Waals surface area contributed by atoms with Crippen molar-refractivity contribution in [1.29, 1.82) is 0 Å². The summed E-state index contributed by atoms with van der Waals surface area (Å²) in [7, 11) is 0. The maximum Gasteiger partial charge on any atom is 0.134 e. The molecule has 0 radical (unpaired) electrons. The first kappa shape index (κ1) is 13.5. The summed E-state index contributed by atoms with van der Waals surface area (Å²) in [5, 5.41) is -0.768. The lowest BCUT2D eigenvalue weighted by Gasteiger charge is -2.11. The summed E-state index contributed by atoms with van der Waals surface area (Å²) < 4.78 is 27.7. The molecule has 2 aromatic rings. The van der Waals surface area contributed by atoms with Gasteiger partial charge in [0, 0.05) is 15.3 Å². The van der Waals surface area contributed by atoms with E-state index >= 15 is 0 Å². The number of hydrogen-bond acceptors (Lipinski definition) is 1. The van der Waals surface area contributed by atoms with E-state index < -0.39 is 17.0 Å². The van der Waals surface area contributed by atoms with Crippen LogP contribution in [0.3, 0.4) is 0 Å². The van der Waals surface area contributed by atoms with Crippen LogP contribution >= 0.6 is 22.9 Å². The quantitative estimate of drug-likeness (QED) is 0.678. The van der Waals surface area contributed by atoms with Crippen molar-refractivity contribution >= 4 is 22.9 Å². The SMILES string of the molecule is CCc1ccc(C(Cl)c2c(F)ccc(C)c2F)s1. The predicted molar refractivity (Wildman–Crippen MR) is 72.5 cm³/mol. The molecule has 0 spiro atoms. The van der Waals surface area contributed by atoms with Crippen LogP contribution in [0.5, 0.6) is 0 Å². The minimum atomic E-state index is -0.768. The van der Waals surface area contributed by atoms with Gasteiger partial charge in [-0.15, -0.1) is 22.9 Å². The molecule has 1 unspecified atom stereocenters. The Labute approximate surface area is 114 Å². The van der Waals surface area contributed by atoms with E-state index in [0.717, 1.165) is 16.2 Å². The summed E-state index contributed by atoms with van der Waals surface area (Å²) in [6.45, 7) is 3.64. The Balaban J connectivity index is 2.45. The van der Waals surface area contributed by atoms with Crippen LogP contribution in [0.4, 0.5) is 8.78 Å². The van der Waals surface area contributed by atoms with Crippen LogP contribution in [-0.2, 0) is 6.42 Å². The van der Waals surface area contributed by atoms with E-state index in [2.05, 4.69) is 0 Å². The summed E-state index contributed by atoms with van der Waals surface area (Å²) in [6.07, 6.45) is 0.896. The van der Waals surface area contributed by atoms with E-state index in [0.29, 0.717) is 5.56 Å². The summed E-state index contributed by atoms with van der Waals surface area (Å²) in [5.41, 5.74) is 0.352. The molecule has 0 nitrogen and oxygen atoms in total. The zero-order valence-corrected chi connectivity index (χ0v) is 11.7. The lowest BCUT2D eigenvalue weighted by Crippen LogP contribution is -2.01. The highest BCUT2D eigenvalue weighted by molar-refractivity contribution is 7.12. The monoisotopic (exact) mass is 286 g/mol. The largest absolute Gasteiger partial charge is 0.207 e. The minimum Gasteiger partial charge on any atom is -0.207 e. The van der Waals surface area contributed by atoms with Gasteiger partial charge in [-0.2, -0.15) is 0 Å². The van der Waals surface area contributed by atoms with Gasteiger partial charge in [0.05, 0.1) is 5.38 Å². The Hall–Kier alpha value is -0.930. The van der Waals surface area contributed by atoms with E-state index in [1.807, 2.05) is 19.1 Å². The molecule has 1 atom stereocenters. The summed E-state index contributed by atoms with van der Waals surface area (Å²) >= 11 is 7.71. The first-order valence-electron chi connectivity index (χ1n) is 5.71. The molecule has 0 aliphatic heterocycles. The van der Waals surface area contributed by atoms with E-state index in [1.165, 1.54) is 23.5 Å². The lowest BCUT2D eigenvalue weighted by molar-refractivity contribution is 0.554. The second-order valence-electron chi connectivity index (χ2n) is 4.11. The third kappa shape index (κ3) is 2.43. The summed E-state index contributed by atoms with van der Waals surface area (Å²) in [4.78, 5) is 1.93. The summed E-state index contributed by atoms with van der Waals surface area (Å²) in [5.74, 6) is -1.15. The van der Waals surface area contributed by atoms with Crippen molar-refractivity contribution in [3.8, 4) is 0 Å². The third-order valence-corrected chi connectivity index (χ3v) is 4.73. The van der Waals surface area contributed by atoms with Gasteiger partial charge in [-0.25, -0.2) is 8.78 Å². The minimum absolute atomic E-state index is 0.0545. The molecule has 0 fully saturated rings. The highest BCUT2D eigenvalue weighted by Crippen LogP contribution is 2.37. The van der Waals surface area contributed by atoms with Crippen LogP contribution in [0.2, 0.25) is 0 Å². The normalized spacial score (nSPS) is 12.7. The lowest BCUT2D eigenvalue weighted by atomic mass is 10.1. The smallest absolute Gasteiger partial charge is 0.134 e. The van der Waals surface area contributed by atoms with Crippen LogP contribution in [0.25, 0.3) is 0 Å². The number of alkyl halides is 1. The van der Waals surface area contributed by atoms with Crippen molar-refractivity contribution in [2.45, 2.75) is 25.6 Å². The van der Waals surface area contributed by atoms with Crippen LogP contribution < -0.4 is 0 Å². The summed E-state index contributed by atoms with van der Waals surface area (Å²) in [6, 6.07) is 6.46. The van der Waals surface area contributed by atoms with E-state index in [1.54, 1.807) is 6.92 Å². The van der Waals surface area contributed by atoms with E-state index in [4.69, 9.17) is 11.6 Å². The van der Waals surface area contributed by atoms with E-state index in [9.17, 15) is 8.78 Å². The Morgan fingerprint density at radius 1 is 1.22 bits per heavy atom. The van der Waals surface area contributed by atoms with Gasteiger partial charge in [0.2, 0.25) is 0 Å². The van der Waals surface area contributed by atoms with Gasteiger partial charge in [0.1, 0.15) is 11.6 Å². The van der Waals surface area contributed by atoms with Crippen LogP contribution in [-0.4, -0.2) is 0 Å². The van der Waals surface area contributed by atoms with Crippen LogP contribution in [0.15, 0.2) is 24.3 Å². The molecule has 0 bridgehead atoms. The topological polar surface area (TPSA) is 0 Å². The molecule has 1 heterocycles. The molecule has 18 heavy (non-hydrogen) atoms. The Kier molecular flexibility index (Phi) is 4.03. The number of benzene rings is 1. The third-order valence-electron chi connectivity index (χ3n) is 2.85. The molecule has 0 amide bonds.